The minimum atomic E-state index is -1.11. The molecule has 0 bridgehead atoms. The Morgan fingerprint density at radius 1 is 1.04 bits per heavy atom. The molecule has 1 rings (SSSR count). The molecule has 0 aliphatic carbocycles. The van der Waals surface area contributed by atoms with E-state index < -0.39 is 30.1 Å². The van der Waals surface area contributed by atoms with Crippen molar-refractivity contribution in [2.75, 3.05) is 7.11 Å². The van der Waals surface area contributed by atoms with Crippen LogP contribution in [0.3, 0.4) is 0 Å². The number of hydrogen-bond acceptors (Lipinski definition) is 7. The van der Waals surface area contributed by atoms with Gasteiger partial charge in [0.15, 0.2) is 0 Å². The van der Waals surface area contributed by atoms with Crippen molar-refractivity contribution >= 4 is 17.9 Å². The summed E-state index contributed by atoms with van der Waals surface area (Å²) in [5.74, 6) is -1.59. The van der Waals surface area contributed by atoms with E-state index in [4.69, 9.17) is 9.47 Å². The Labute approximate surface area is 167 Å². The normalized spacial score (nSPS) is 25.5. The summed E-state index contributed by atoms with van der Waals surface area (Å²) < 4.78 is 15.2. The first kappa shape index (κ1) is 24.1. The molecule has 0 aromatic heterocycles. The number of carbonyl (C=O) groups excluding carboxylic acids is 3. The van der Waals surface area contributed by atoms with Gasteiger partial charge in [-0.15, -0.1) is 0 Å². The molecule has 0 aromatic rings. The lowest BCUT2D eigenvalue weighted by Gasteiger charge is -2.21. The molecule has 0 amide bonds. The summed E-state index contributed by atoms with van der Waals surface area (Å²) in [5, 5.41) is 10.4. The van der Waals surface area contributed by atoms with Gasteiger partial charge in [-0.2, -0.15) is 0 Å². The Morgan fingerprint density at radius 3 is 2.25 bits per heavy atom. The average molecular weight is 398 g/mol. The van der Waals surface area contributed by atoms with E-state index in [0.717, 1.165) is 51.4 Å². The Bertz CT molecular complexity index is 515. The van der Waals surface area contributed by atoms with Crippen LogP contribution in [0.2, 0.25) is 0 Å². The van der Waals surface area contributed by atoms with Crippen LogP contribution in [0.25, 0.3) is 0 Å². The van der Waals surface area contributed by atoms with E-state index in [2.05, 4.69) is 4.74 Å². The second kappa shape index (κ2) is 14.2. The highest BCUT2D eigenvalue weighted by atomic mass is 16.6. The van der Waals surface area contributed by atoms with Crippen LogP contribution in [-0.2, 0) is 28.6 Å². The summed E-state index contributed by atoms with van der Waals surface area (Å²) >= 11 is 0. The zero-order valence-corrected chi connectivity index (χ0v) is 17.1. The molecule has 0 fully saturated rings. The fraction of sp³-hybridized carbons (Fsp3) is 0.762. The van der Waals surface area contributed by atoms with Gasteiger partial charge >= 0.3 is 17.9 Å². The molecule has 1 N–H and O–H groups in total. The first-order valence-electron chi connectivity index (χ1n) is 10.3. The molecule has 1 aliphatic heterocycles. The molecule has 28 heavy (non-hydrogen) atoms. The first-order chi connectivity index (χ1) is 13.4. The summed E-state index contributed by atoms with van der Waals surface area (Å²) in [5.41, 5.74) is 0. The van der Waals surface area contributed by atoms with Crippen LogP contribution in [0.15, 0.2) is 12.2 Å². The number of carbonyl (C=O) groups is 3. The maximum absolute atomic E-state index is 12.0. The molecule has 0 radical (unpaired) electrons. The van der Waals surface area contributed by atoms with Crippen LogP contribution in [0, 0.1) is 0 Å². The van der Waals surface area contributed by atoms with Crippen LogP contribution in [0.4, 0.5) is 0 Å². The Hall–Kier alpha value is -1.89. The van der Waals surface area contributed by atoms with E-state index in [1.54, 1.807) is 0 Å². The van der Waals surface area contributed by atoms with E-state index >= 15 is 0 Å². The molecule has 3 atom stereocenters. The van der Waals surface area contributed by atoms with Gasteiger partial charge in [-0.25, -0.2) is 4.79 Å². The predicted molar refractivity (Wildman–Crippen MR) is 103 cm³/mol. The largest absolute Gasteiger partial charge is 0.469 e. The Balaban J connectivity index is 2.68. The van der Waals surface area contributed by atoms with Crippen LogP contribution >= 0.6 is 0 Å². The summed E-state index contributed by atoms with van der Waals surface area (Å²) in [6.07, 6.45) is 8.90. The number of aliphatic hydroxyl groups is 1. The van der Waals surface area contributed by atoms with E-state index in [9.17, 15) is 19.5 Å². The predicted octanol–water partition coefficient (Wildman–Crippen LogP) is 3.22. The van der Waals surface area contributed by atoms with Gasteiger partial charge < -0.3 is 19.3 Å². The molecule has 0 unspecified atom stereocenters. The molecule has 7 nitrogen and oxygen atoms in total. The van der Waals surface area contributed by atoms with Gasteiger partial charge in [0.1, 0.15) is 12.2 Å². The van der Waals surface area contributed by atoms with Gasteiger partial charge in [0, 0.05) is 6.08 Å². The average Bonchev–Trinajstić information content (AvgIpc) is 2.67. The number of esters is 3. The minimum Gasteiger partial charge on any atom is -0.469 e. The van der Waals surface area contributed by atoms with Crippen molar-refractivity contribution in [2.45, 2.75) is 95.9 Å². The number of cyclic esters (lactones) is 1. The maximum Gasteiger partial charge on any atom is 0.330 e. The summed E-state index contributed by atoms with van der Waals surface area (Å²) in [7, 11) is 1.25. The maximum atomic E-state index is 12.0. The molecule has 0 aromatic carbocycles. The van der Waals surface area contributed by atoms with Gasteiger partial charge in [-0.05, 0) is 38.7 Å². The van der Waals surface area contributed by atoms with Crippen LogP contribution in [0.1, 0.15) is 77.6 Å². The van der Waals surface area contributed by atoms with Gasteiger partial charge in [-0.1, -0.05) is 32.1 Å². The van der Waals surface area contributed by atoms with E-state index in [1.165, 1.54) is 19.3 Å². The minimum absolute atomic E-state index is 0.0712. The zero-order valence-electron chi connectivity index (χ0n) is 17.1. The highest BCUT2D eigenvalue weighted by Crippen LogP contribution is 2.17. The molecular weight excluding hydrogens is 364 g/mol. The van der Waals surface area contributed by atoms with Gasteiger partial charge in [0.25, 0.3) is 0 Å². The van der Waals surface area contributed by atoms with Crippen LogP contribution in [-0.4, -0.2) is 48.4 Å². The molecule has 0 saturated carbocycles. The lowest BCUT2D eigenvalue weighted by Crippen LogP contribution is -2.30. The van der Waals surface area contributed by atoms with Crippen molar-refractivity contribution in [1.82, 2.24) is 0 Å². The third-order valence-corrected chi connectivity index (χ3v) is 4.77. The Kier molecular flexibility index (Phi) is 12.2. The zero-order chi connectivity index (χ0) is 20.8. The standard InChI is InChI=1S/C21H34O7/c1-16-10-8-6-4-3-5-7-9-11-18(17(22)12-13-20(24)27-16)28-21(25)15-14-19(23)26-2/h12-13,16-18,22H,3-11,14-15H2,1-2H3/t16-,17-,18+/m1/s1. The van der Waals surface area contributed by atoms with Crippen molar-refractivity contribution in [2.24, 2.45) is 0 Å². The quantitative estimate of drug-likeness (QED) is 0.573. The highest BCUT2D eigenvalue weighted by Gasteiger charge is 2.22. The number of rotatable bonds is 4. The van der Waals surface area contributed by atoms with Crippen LogP contribution < -0.4 is 0 Å². The SMILES string of the molecule is COC(=O)CCC(=O)O[C@H]1CCCCCCCCC[C@@H](C)OC(=O)C=C[C@H]1O. The van der Waals surface area contributed by atoms with Gasteiger partial charge in [0.05, 0.1) is 26.1 Å². The molecule has 1 aliphatic rings. The second-order valence-electron chi connectivity index (χ2n) is 7.25. The second-order valence-corrected chi connectivity index (χ2v) is 7.25. The molecular formula is C21H34O7. The molecule has 0 spiro atoms. The fourth-order valence-corrected chi connectivity index (χ4v) is 3.09. The fourth-order valence-electron chi connectivity index (χ4n) is 3.09. The summed E-state index contributed by atoms with van der Waals surface area (Å²) in [6, 6.07) is 0. The molecule has 7 heteroatoms. The molecule has 160 valence electrons. The first-order valence-corrected chi connectivity index (χ1v) is 10.3. The van der Waals surface area contributed by atoms with Crippen molar-refractivity contribution in [3.05, 3.63) is 12.2 Å². The van der Waals surface area contributed by atoms with Crippen molar-refractivity contribution in [1.29, 1.82) is 0 Å². The van der Waals surface area contributed by atoms with Gasteiger partial charge in [0.2, 0.25) is 0 Å². The smallest absolute Gasteiger partial charge is 0.330 e. The number of aliphatic hydroxyl groups excluding tert-OH is 1. The highest BCUT2D eigenvalue weighted by molar-refractivity contribution is 5.82. The number of methoxy groups -OCH3 is 1. The van der Waals surface area contributed by atoms with E-state index in [1.807, 2.05) is 6.92 Å². The van der Waals surface area contributed by atoms with Crippen LogP contribution in [0.5, 0.6) is 0 Å². The lowest BCUT2D eigenvalue weighted by atomic mass is 10.0. The summed E-state index contributed by atoms with van der Waals surface area (Å²) in [6.45, 7) is 1.86. The van der Waals surface area contributed by atoms with E-state index in [0.29, 0.717) is 6.42 Å². The lowest BCUT2D eigenvalue weighted by molar-refractivity contribution is -0.156. The topological polar surface area (TPSA) is 99.1 Å². The third-order valence-electron chi connectivity index (χ3n) is 4.77. The molecule has 0 saturated heterocycles. The van der Waals surface area contributed by atoms with Crippen molar-refractivity contribution < 1.29 is 33.7 Å². The monoisotopic (exact) mass is 398 g/mol. The third kappa shape index (κ3) is 11.1. The van der Waals surface area contributed by atoms with Gasteiger partial charge in [-0.3, -0.25) is 9.59 Å². The summed E-state index contributed by atoms with van der Waals surface area (Å²) in [4.78, 5) is 35.0. The number of hydrogen-bond donors (Lipinski definition) is 1. The van der Waals surface area contributed by atoms with E-state index in [-0.39, 0.29) is 18.9 Å². The molecule has 1 heterocycles. The van der Waals surface area contributed by atoms with Crippen molar-refractivity contribution in [3.63, 3.8) is 0 Å². The van der Waals surface area contributed by atoms with Crippen molar-refractivity contribution in [3.8, 4) is 0 Å². The Morgan fingerprint density at radius 2 is 1.61 bits per heavy atom. The number of ether oxygens (including phenoxy) is 3.